The van der Waals surface area contributed by atoms with Crippen molar-refractivity contribution in [3.8, 4) is 0 Å². The highest BCUT2D eigenvalue weighted by molar-refractivity contribution is 7.91. The van der Waals surface area contributed by atoms with Gasteiger partial charge in [0, 0.05) is 36.2 Å². The van der Waals surface area contributed by atoms with Crippen molar-refractivity contribution in [1.82, 2.24) is 9.97 Å². The van der Waals surface area contributed by atoms with E-state index in [0.717, 1.165) is 43.5 Å². The Hall–Kier alpha value is -3.60. The second-order valence-corrected chi connectivity index (χ2v) is 9.73. The maximum Gasteiger partial charge on any atom is 0.341 e. The number of sulfone groups is 1. The Morgan fingerprint density at radius 1 is 1.00 bits per heavy atom. The number of anilines is 4. The molecule has 0 aliphatic carbocycles. The van der Waals surface area contributed by atoms with Gasteiger partial charge in [-0.25, -0.2) is 13.4 Å². The topological polar surface area (TPSA) is 104 Å². The van der Waals surface area contributed by atoms with E-state index >= 15 is 0 Å². The third kappa shape index (κ3) is 5.14. The van der Waals surface area contributed by atoms with E-state index in [0.29, 0.717) is 17.3 Å². The van der Waals surface area contributed by atoms with E-state index in [9.17, 15) is 22.0 Å². The summed E-state index contributed by atoms with van der Waals surface area (Å²) in [5.41, 5.74) is 1.52. The van der Waals surface area contributed by atoms with Crippen LogP contribution in [0.15, 0.2) is 59.5 Å². The average molecular weight is 488 g/mol. The lowest BCUT2D eigenvalue weighted by molar-refractivity contribution is 0.102. The zero-order valence-electron chi connectivity index (χ0n) is 18.3. The molecule has 2 heterocycles. The third-order valence-corrected chi connectivity index (χ3v) is 6.78. The van der Waals surface area contributed by atoms with Gasteiger partial charge in [0.2, 0.25) is 15.8 Å². The second kappa shape index (κ2) is 9.72. The van der Waals surface area contributed by atoms with Gasteiger partial charge in [-0.15, -0.1) is 0 Å². The van der Waals surface area contributed by atoms with Crippen LogP contribution in [0.2, 0.25) is 0 Å². The average Bonchev–Trinajstić information content (AvgIpc) is 3.35. The summed E-state index contributed by atoms with van der Waals surface area (Å²) in [6.45, 7) is 3.83. The highest BCUT2D eigenvalue weighted by Gasteiger charge is 2.30. The fourth-order valence-electron chi connectivity index (χ4n) is 3.68. The minimum atomic E-state index is -4.92. The number of halogens is 2. The Bertz CT molecular complexity index is 1290. The Labute approximate surface area is 196 Å². The van der Waals surface area contributed by atoms with Gasteiger partial charge < -0.3 is 15.5 Å². The molecule has 0 bridgehead atoms. The number of alkyl halides is 2. The smallest absolute Gasteiger partial charge is 0.341 e. The van der Waals surface area contributed by atoms with Gasteiger partial charge in [-0.3, -0.25) is 4.79 Å². The van der Waals surface area contributed by atoms with Gasteiger partial charge in [0.05, 0.1) is 10.5 Å². The van der Waals surface area contributed by atoms with Crippen LogP contribution < -0.4 is 15.5 Å². The zero-order chi connectivity index (χ0) is 24.3. The number of aromatic nitrogens is 2. The van der Waals surface area contributed by atoms with Gasteiger partial charge in [-0.05, 0) is 56.2 Å². The summed E-state index contributed by atoms with van der Waals surface area (Å²) < 4.78 is 49.8. The molecule has 1 aliphatic rings. The van der Waals surface area contributed by atoms with Crippen molar-refractivity contribution in [1.29, 1.82) is 0 Å². The lowest BCUT2D eigenvalue weighted by Gasteiger charge is -2.17. The molecule has 1 aliphatic heterocycles. The fraction of sp³-hybridized carbons (Fsp3) is 0.261. The van der Waals surface area contributed by atoms with Crippen LogP contribution >= 0.6 is 0 Å². The lowest BCUT2D eigenvalue weighted by atomic mass is 10.2. The largest absolute Gasteiger partial charge is 0.356 e. The molecule has 178 valence electrons. The molecule has 34 heavy (non-hydrogen) atoms. The number of hydrogen-bond donors (Lipinski definition) is 2. The van der Waals surface area contributed by atoms with Crippen molar-refractivity contribution < 1.29 is 22.0 Å². The molecule has 8 nitrogen and oxygen atoms in total. The molecule has 3 aromatic rings. The van der Waals surface area contributed by atoms with E-state index in [1.165, 1.54) is 18.2 Å². The molecule has 0 saturated carbocycles. The summed E-state index contributed by atoms with van der Waals surface area (Å²) in [5, 5.41) is 5.68. The summed E-state index contributed by atoms with van der Waals surface area (Å²) in [6, 6.07) is 13.4. The summed E-state index contributed by atoms with van der Waals surface area (Å²) in [7, 11) is -4.92. The third-order valence-electron chi connectivity index (χ3n) is 5.34. The Kier molecular flexibility index (Phi) is 6.73. The van der Waals surface area contributed by atoms with Crippen LogP contribution in [0.1, 0.15) is 28.9 Å². The Morgan fingerprint density at radius 3 is 2.32 bits per heavy atom. The minimum absolute atomic E-state index is 0.354. The van der Waals surface area contributed by atoms with Gasteiger partial charge in [-0.2, -0.15) is 13.8 Å². The van der Waals surface area contributed by atoms with Gasteiger partial charge in [0.15, 0.2) is 0 Å². The number of hydrogen-bond acceptors (Lipinski definition) is 7. The molecule has 1 amide bonds. The van der Waals surface area contributed by atoms with Crippen LogP contribution in [0.5, 0.6) is 0 Å². The van der Waals surface area contributed by atoms with E-state index in [-0.39, 0.29) is 5.56 Å². The summed E-state index contributed by atoms with van der Waals surface area (Å²) in [6.07, 6.45) is 2.27. The zero-order valence-corrected chi connectivity index (χ0v) is 19.1. The summed E-state index contributed by atoms with van der Waals surface area (Å²) in [4.78, 5) is 23.1. The number of carbonyl (C=O) groups excluding carboxylic acids is 1. The first kappa shape index (κ1) is 23.6. The van der Waals surface area contributed by atoms with E-state index in [2.05, 4.69) is 25.5 Å². The van der Waals surface area contributed by atoms with Gasteiger partial charge in [-0.1, -0.05) is 12.1 Å². The first-order valence-electron chi connectivity index (χ1n) is 10.6. The van der Waals surface area contributed by atoms with E-state index < -0.39 is 26.4 Å². The molecule has 11 heteroatoms. The van der Waals surface area contributed by atoms with Crippen LogP contribution in [0, 0.1) is 6.92 Å². The maximum absolute atomic E-state index is 13.0. The molecular formula is C23H23F2N5O3S. The normalized spacial score (nSPS) is 13.8. The van der Waals surface area contributed by atoms with Crippen molar-refractivity contribution in [2.75, 3.05) is 28.6 Å². The van der Waals surface area contributed by atoms with Crippen molar-refractivity contribution in [3.05, 3.63) is 65.9 Å². The Morgan fingerprint density at radius 2 is 1.65 bits per heavy atom. The first-order valence-corrected chi connectivity index (χ1v) is 12.2. The molecule has 0 spiro atoms. The van der Waals surface area contributed by atoms with Crippen molar-refractivity contribution >= 4 is 38.9 Å². The molecule has 1 saturated heterocycles. The van der Waals surface area contributed by atoms with Gasteiger partial charge >= 0.3 is 5.76 Å². The molecule has 0 atom stereocenters. The van der Waals surface area contributed by atoms with Crippen LogP contribution in [0.25, 0.3) is 0 Å². The minimum Gasteiger partial charge on any atom is -0.356 e. The maximum atomic E-state index is 13.0. The monoisotopic (exact) mass is 487 g/mol. The summed E-state index contributed by atoms with van der Waals surface area (Å²) in [5.74, 6) is -3.11. The number of amides is 1. The standard InChI is InChI=1S/C23H23F2N5O3S/c1-15-14-20(30-12-4-5-13-30)29-23(26-15)28-17-10-8-16(9-11-17)27-21(31)18-6-2-3-7-19(18)34(32,33)22(24)25/h2-3,6-11,14,22H,4-5,12-13H2,1H3,(H,27,31)(H,26,28,29). The van der Waals surface area contributed by atoms with Crippen LogP contribution in [-0.2, 0) is 9.84 Å². The van der Waals surface area contributed by atoms with Gasteiger partial charge in [0.25, 0.3) is 5.91 Å². The van der Waals surface area contributed by atoms with Crippen LogP contribution in [0.4, 0.5) is 31.9 Å². The fourth-order valence-corrected chi connectivity index (χ4v) is 4.61. The second-order valence-electron chi connectivity index (χ2n) is 7.84. The number of rotatable bonds is 7. The number of aryl methyl sites for hydroxylation is 1. The van der Waals surface area contributed by atoms with Crippen LogP contribution in [0.3, 0.4) is 0 Å². The molecule has 2 aromatic carbocycles. The highest BCUT2D eigenvalue weighted by Crippen LogP contribution is 2.25. The quantitative estimate of drug-likeness (QED) is 0.510. The summed E-state index contributed by atoms with van der Waals surface area (Å²) >= 11 is 0. The first-order chi connectivity index (χ1) is 16.2. The number of nitrogens with one attached hydrogen (secondary N) is 2. The molecule has 0 radical (unpaired) electrons. The predicted octanol–water partition coefficient (Wildman–Crippen LogP) is 4.38. The SMILES string of the molecule is Cc1cc(N2CCCC2)nc(Nc2ccc(NC(=O)c3ccccc3S(=O)(=O)C(F)F)cc2)n1. The number of benzene rings is 2. The molecule has 4 rings (SSSR count). The van der Waals surface area contributed by atoms with Crippen molar-refractivity contribution in [3.63, 3.8) is 0 Å². The Balaban J connectivity index is 1.48. The highest BCUT2D eigenvalue weighted by atomic mass is 32.2. The van der Waals surface area contributed by atoms with E-state index in [4.69, 9.17) is 0 Å². The molecule has 0 unspecified atom stereocenters. The number of carbonyl (C=O) groups is 1. The molecule has 2 N–H and O–H groups in total. The molecule has 1 fully saturated rings. The van der Waals surface area contributed by atoms with E-state index in [1.54, 1.807) is 24.3 Å². The molecular weight excluding hydrogens is 464 g/mol. The van der Waals surface area contributed by atoms with Crippen molar-refractivity contribution in [2.24, 2.45) is 0 Å². The predicted molar refractivity (Wildman–Crippen MR) is 126 cm³/mol. The molecule has 1 aromatic heterocycles. The number of nitrogens with zero attached hydrogens (tertiary/aromatic N) is 3. The van der Waals surface area contributed by atoms with Gasteiger partial charge in [0.1, 0.15) is 5.82 Å². The van der Waals surface area contributed by atoms with Crippen molar-refractivity contribution in [2.45, 2.75) is 30.4 Å². The lowest BCUT2D eigenvalue weighted by Crippen LogP contribution is -2.20. The van der Waals surface area contributed by atoms with Crippen LogP contribution in [-0.4, -0.2) is 43.1 Å². The van der Waals surface area contributed by atoms with E-state index in [1.807, 2.05) is 13.0 Å².